The van der Waals surface area contributed by atoms with Crippen LogP contribution in [0.3, 0.4) is 0 Å². The second kappa shape index (κ2) is 7.61. The number of ether oxygens (including phenoxy) is 2. The van der Waals surface area contributed by atoms with E-state index in [-0.39, 0.29) is 17.8 Å². The summed E-state index contributed by atoms with van der Waals surface area (Å²) in [5, 5.41) is 29.9. The first-order valence-electron chi connectivity index (χ1n) is 8.12. The van der Waals surface area contributed by atoms with Gasteiger partial charge in [-0.1, -0.05) is 29.8 Å². The summed E-state index contributed by atoms with van der Waals surface area (Å²) in [6.45, 7) is 2.10. The molecule has 0 bridgehead atoms. The van der Waals surface area contributed by atoms with E-state index in [1.54, 1.807) is 4.90 Å². The van der Waals surface area contributed by atoms with Gasteiger partial charge in [-0.2, -0.15) is 0 Å². The van der Waals surface area contributed by atoms with Crippen molar-refractivity contribution in [2.45, 2.75) is 43.0 Å². The van der Waals surface area contributed by atoms with E-state index in [1.165, 1.54) is 18.9 Å². The average Bonchev–Trinajstić information content (AvgIpc) is 2.97. The molecule has 2 aliphatic heterocycles. The first-order valence-corrected chi connectivity index (χ1v) is 9.17. The molecular formula is C17H23NO6S. The lowest BCUT2D eigenvalue weighted by Crippen LogP contribution is -2.60. The van der Waals surface area contributed by atoms with Gasteiger partial charge >= 0.3 is 0 Å². The molecule has 3 rings (SSSR count). The summed E-state index contributed by atoms with van der Waals surface area (Å²) in [5.74, 6) is 0.293. The predicted molar refractivity (Wildman–Crippen MR) is 91.8 cm³/mol. The molecule has 1 amide bonds. The van der Waals surface area contributed by atoms with Gasteiger partial charge in [-0.25, -0.2) is 0 Å². The maximum Gasteiger partial charge on any atom is 0.233 e. The van der Waals surface area contributed by atoms with Crippen LogP contribution in [0.4, 0.5) is 0 Å². The maximum atomic E-state index is 12.3. The predicted octanol–water partition coefficient (Wildman–Crippen LogP) is 0.0230. The standard InChI is InChI=1S/C17H23NO6S/c1-9-3-5-10(6-4-9)16-18(12(19)8-25-16)7-11-13(20)14(21)15(22)17(23-2)24-11/h3-6,11,13-17,20-22H,7-8H2,1-2H3/t11-,13-,14+,15-,16+,17+/m1/s1. The Morgan fingerprint density at radius 3 is 2.52 bits per heavy atom. The SMILES string of the molecule is CO[C@H]1O[C@H](CN2C(=O)CS[C@H]2c2ccc(C)cc2)[C@@H](O)[C@H](O)[C@H]1O. The number of nitrogens with zero attached hydrogens (tertiary/aromatic N) is 1. The van der Waals surface area contributed by atoms with Crippen LogP contribution in [-0.4, -0.2) is 76.2 Å². The number of thioether (sulfide) groups is 1. The average molecular weight is 369 g/mol. The number of aliphatic hydroxyl groups excluding tert-OH is 3. The van der Waals surface area contributed by atoms with E-state index in [0.717, 1.165) is 11.1 Å². The lowest BCUT2D eigenvalue weighted by atomic mass is 9.98. The third-order valence-electron chi connectivity index (χ3n) is 4.61. The third kappa shape index (κ3) is 3.69. The molecule has 2 heterocycles. The topological polar surface area (TPSA) is 99.5 Å². The van der Waals surface area contributed by atoms with Gasteiger partial charge in [-0.3, -0.25) is 4.79 Å². The third-order valence-corrected chi connectivity index (χ3v) is 5.86. The Morgan fingerprint density at radius 2 is 1.88 bits per heavy atom. The number of aliphatic hydroxyl groups is 3. The van der Waals surface area contributed by atoms with Crippen molar-refractivity contribution in [3.05, 3.63) is 35.4 Å². The highest BCUT2D eigenvalue weighted by molar-refractivity contribution is 8.00. The zero-order valence-electron chi connectivity index (χ0n) is 14.1. The Hall–Kier alpha value is -1.16. The molecule has 0 saturated carbocycles. The Kier molecular flexibility index (Phi) is 5.67. The molecule has 2 aliphatic rings. The number of hydrogen-bond acceptors (Lipinski definition) is 7. The Labute approximate surface area is 150 Å². The van der Waals surface area contributed by atoms with E-state index >= 15 is 0 Å². The van der Waals surface area contributed by atoms with E-state index in [1.807, 2.05) is 31.2 Å². The fourth-order valence-corrected chi connectivity index (χ4v) is 4.31. The largest absolute Gasteiger partial charge is 0.388 e. The number of methoxy groups -OCH3 is 1. The van der Waals surface area contributed by atoms with Crippen LogP contribution >= 0.6 is 11.8 Å². The van der Waals surface area contributed by atoms with Crippen molar-refractivity contribution in [2.24, 2.45) is 0 Å². The second-order valence-corrected chi connectivity index (χ2v) is 7.44. The summed E-state index contributed by atoms with van der Waals surface area (Å²) in [7, 11) is 1.35. The molecule has 0 aromatic heterocycles. The van der Waals surface area contributed by atoms with Gasteiger partial charge in [0.15, 0.2) is 6.29 Å². The van der Waals surface area contributed by atoms with Crippen LogP contribution in [0.15, 0.2) is 24.3 Å². The van der Waals surface area contributed by atoms with Crippen molar-refractivity contribution < 1.29 is 29.6 Å². The zero-order chi connectivity index (χ0) is 18.1. The number of aryl methyl sites for hydroxylation is 1. The molecule has 0 aliphatic carbocycles. The number of carbonyl (C=O) groups is 1. The molecule has 138 valence electrons. The van der Waals surface area contributed by atoms with Crippen LogP contribution in [0.1, 0.15) is 16.5 Å². The first-order chi connectivity index (χ1) is 11.9. The Balaban J connectivity index is 1.77. The van der Waals surface area contributed by atoms with Gasteiger partial charge < -0.3 is 29.7 Å². The van der Waals surface area contributed by atoms with Crippen molar-refractivity contribution in [1.82, 2.24) is 4.90 Å². The van der Waals surface area contributed by atoms with E-state index in [9.17, 15) is 20.1 Å². The molecule has 7 nitrogen and oxygen atoms in total. The maximum absolute atomic E-state index is 12.3. The van der Waals surface area contributed by atoms with Gasteiger partial charge in [0, 0.05) is 7.11 Å². The highest BCUT2D eigenvalue weighted by atomic mass is 32.2. The highest BCUT2D eigenvalue weighted by Crippen LogP contribution is 2.39. The molecular weight excluding hydrogens is 346 g/mol. The lowest BCUT2D eigenvalue weighted by molar-refractivity contribution is -0.291. The van der Waals surface area contributed by atoms with Crippen LogP contribution in [0.5, 0.6) is 0 Å². The molecule has 1 aromatic rings. The molecule has 2 saturated heterocycles. The van der Waals surface area contributed by atoms with Crippen molar-refractivity contribution in [1.29, 1.82) is 0 Å². The van der Waals surface area contributed by atoms with E-state index < -0.39 is 30.7 Å². The van der Waals surface area contributed by atoms with Gasteiger partial charge in [-0.15, -0.1) is 11.8 Å². The second-order valence-electron chi connectivity index (χ2n) is 6.37. The minimum Gasteiger partial charge on any atom is -0.388 e. The van der Waals surface area contributed by atoms with Crippen molar-refractivity contribution >= 4 is 17.7 Å². The van der Waals surface area contributed by atoms with Crippen LogP contribution in [0.25, 0.3) is 0 Å². The Bertz CT molecular complexity index is 610. The monoisotopic (exact) mass is 369 g/mol. The molecule has 3 N–H and O–H groups in total. The quantitative estimate of drug-likeness (QED) is 0.688. The summed E-state index contributed by atoms with van der Waals surface area (Å²) in [6, 6.07) is 7.94. The summed E-state index contributed by atoms with van der Waals surface area (Å²) in [6.07, 6.45) is -5.94. The zero-order valence-corrected chi connectivity index (χ0v) is 14.9. The van der Waals surface area contributed by atoms with Crippen LogP contribution in [-0.2, 0) is 14.3 Å². The number of rotatable bonds is 4. The van der Waals surface area contributed by atoms with Crippen molar-refractivity contribution in [3.63, 3.8) is 0 Å². The van der Waals surface area contributed by atoms with E-state index in [0.29, 0.717) is 5.75 Å². The van der Waals surface area contributed by atoms with Crippen LogP contribution in [0, 0.1) is 6.92 Å². The molecule has 6 atom stereocenters. The first kappa shape index (κ1) is 18.6. The summed E-state index contributed by atoms with van der Waals surface area (Å²) in [5.41, 5.74) is 2.13. The highest BCUT2D eigenvalue weighted by Gasteiger charge is 2.46. The fourth-order valence-electron chi connectivity index (χ4n) is 3.11. The summed E-state index contributed by atoms with van der Waals surface area (Å²) < 4.78 is 10.6. The van der Waals surface area contributed by atoms with Crippen molar-refractivity contribution in [2.75, 3.05) is 19.4 Å². The fraction of sp³-hybridized carbons (Fsp3) is 0.588. The molecule has 0 unspecified atom stereocenters. The summed E-state index contributed by atoms with van der Waals surface area (Å²) >= 11 is 1.51. The lowest BCUT2D eigenvalue weighted by Gasteiger charge is -2.41. The molecule has 25 heavy (non-hydrogen) atoms. The minimum absolute atomic E-state index is 0.0547. The number of carbonyl (C=O) groups excluding carboxylic acids is 1. The molecule has 0 spiro atoms. The molecule has 8 heteroatoms. The van der Waals surface area contributed by atoms with Gasteiger partial charge in [0.05, 0.1) is 12.3 Å². The van der Waals surface area contributed by atoms with Gasteiger partial charge in [0.25, 0.3) is 0 Å². The molecule has 1 aromatic carbocycles. The number of amides is 1. The van der Waals surface area contributed by atoms with Crippen molar-refractivity contribution in [3.8, 4) is 0 Å². The minimum atomic E-state index is -1.40. The number of hydrogen-bond donors (Lipinski definition) is 3. The normalized spacial score (nSPS) is 36.0. The Morgan fingerprint density at radius 1 is 1.20 bits per heavy atom. The smallest absolute Gasteiger partial charge is 0.233 e. The van der Waals surface area contributed by atoms with Gasteiger partial charge in [0.2, 0.25) is 5.91 Å². The van der Waals surface area contributed by atoms with Crippen LogP contribution < -0.4 is 0 Å². The molecule has 2 fully saturated rings. The van der Waals surface area contributed by atoms with Crippen LogP contribution in [0.2, 0.25) is 0 Å². The van der Waals surface area contributed by atoms with E-state index in [4.69, 9.17) is 9.47 Å². The van der Waals surface area contributed by atoms with E-state index in [2.05, 4.69) is 0 Å². The van der Waals surface area contributed by atoms with Gasteiger partial charge in [-0.05, 0) is 12.5 Å². The summed E-state index contributed by atoms with van der Waals surface area (Å²) in [4.78, 5) is 14.0. The molecule has 0 radical (unpaired) electrons. The van der Waals surface area contributed by atoms with Gasteiger partial charge in [0.1, 0.15) is 29.8 Å². The number of benzene rings is 1.